The van der Waals surface area contributed by atoms with Gasteiger partial charge in [-0.15, -0.1) is 0 Å². The molecule has 0 bridgehead atoms. The second kappa shape index (κ2) is 14.6. The molecule has 246 valence electrons. The number of aliphatic hydroxyl groups excluding tert-OH is 2. The number of rotatable bonds is 8. The normalized spacial score (nSPS) is 28.4. The van der Waals surface area contributed by atoms with Crippen molar-refractivity contribution in [3.8, 4) is 46.7 Å². The molecule has 0 amide bonds. The van der Waals surface area contributed by atoms with Crippen LogP contribution in [0.15, 0.2) is 36.4 Å². The molecule has 2 N–H and O–H groups in total. The molecular formula is C40H50O6. The minimum atomic E-state index is -0.534. The zero-order chi connectivity index (χ0) is 32.0. The van der Waals surface area contributed by atoms with Crippen LogP contribution in [-0.2, 0) is 10.8 Å². The van der Waals surface area contributed by atoms with Crippen LogP contribution in [0.2, 0.25) is 0 Å². The highest BCUT2D eigenvalue weighted by molar-refractivity contribution is 5.52. The summed E-state index contributed by atoms with van der Waals surface area (Å²) in [6.45, 7) is 0. The molecule has 6 nitrogen and oxygen atoms in total. The molecule has 4 aliphatic carbocycles. The first-order valence-electron chi connectivity index (χ1n) is 17.5. The molecule has 0 radical (unpaired) electrons. The minimum Gasteiger partial charge on any atom is -0.493 e. The van der Waals surface area contributed by atoms with E-state index in [4.69, 9.17) is 18.9 Å². The van der Waals surface area contributed by atoms with Gasteiger partial charge < -0.3 is 29.2 Å². The van der Waals surface area contributed by atoms with Crippen LogP contribution in [0.4, 0.5) is 0 Å². The maximum atomic E-state index is 10.8. The van der Waals surface area contributed by atoms with Gasteiger partial charge in [-0.2, -0.15) is 0 Å². The van der Waals surface area contributed by atoms with Crippen molar-refractivity contribution in [2.75, 3.05) is 14.2 Å². The summed E-state index contributed by atoms with van der Waals surface area (Å²) in [5.74, 6) is 16.6. The lowest BCUT2D eigenvalue weighted by molar-refractivity contribution is 0.102. The van der Waals surface area contributed by atoms with Gasteiger partial charge in [-0.3, -0.25) is 0 Å². The van der Waals surface area contributed by atoms with E-state index in [9.17, 15) is 10.2 Å². The van der Waals surface area contributed by atoms with Crippen molar-refractivity contribution in [3.63, 3.8) is 0 Å². The Morgan fingerprint density at radius 3 is 1.35 bits per heavy atom. The third-order valence-electron chi connectivity index (χ3n) is 10.7. The molecule has 0 aromatic heterocycles. The lowest BCUT2D eigenvalue weighted by Gasteiger charge is -2.36. The van der Waals surface area contributed by atoms with Gasteiger partial charge in [0.25, 0.3) is 0 Å². The highest BCUT2D eigenvalue weighted by atomic mass is 16.5. The molecule has 2 aromatic rings. The van der Waals surface area contributed by atoms with Gasteiger partial charge in [0.15, 0.2) is 23.0 Å². The SMILES string of the molecule is COc1ccc([C@@]2(C#CC#C[C@]3(c4ccc(OC)c(OC5CCCC5)c4)CCCC(O)C3)CCCC(O)C2)cc1OC1CCCC1. The smallest absolute Gasteiger partial charge is 0.161 e. The summed E-state index contributed by atoms with van der Waals surface area (Å²) in [7, 11) is 3.35. The zero-order valence-electron chi connectivity index (χ0n) is 27.6. The van der Waals surface area contributed by atoms with E-state index in [-0.39, 0.29) is 12.2 Å². The van der Waals surface area contributed by atoms with Gasteiger partial charge in [0.1, 0.15) is 0 Å². The Kier molecular flexibility index (Phi) is 10.4. The van der Waals surface area contributed by atoms with Crippen molar-refractivity contribution in [2.45, 2.75) is 138 Å². The summed E-state index contributed by atoms with van der Waals surface area (Å²) < 4.78 is 24.2. The molecular weight excluding hydrogens is 576 g/mol. The Bertz CT molecular complexity index is 1350. The quantitative estimate of drug-likeness (QED) is 0.298. The third-order valence-corrected chi connectivity index (χ3v) is 10.7. The van der Waals surface area contributed by atoms with Gasteiger partial charge in [0.05, 0.1) is 49.5 Å². The molecule has 0 spiro atoms. The van der Waals surface area contributed by atoms with E-state index in [1.165, 1.54) is 25.7 Å². The van der Waals surface area contributed by atoms with E-state index >= 15 is 0 Å². The maximum Gasteiger partial charge on any atom is 0.161 e. The predicted octanol–water partition coefficient (Wildman–Crippen LogP) is 7.40. The molecule has 0 saturated heterocycles. The topological polar surface area (TPSA) is 77.4 Å². The maximum absolute atomic E-state index is 10.8. The monoisotopic (exact) mass is 626 g/mol. The average Bonchev–Trinajstić information content (AvgIpc) is 3.78. The van der Waals surface area contributed by atoms with Gasteiger partial charge in [0.2, 0.25) is 0 Å². The Balaban J connectivity index is 1.34. The fourth-order valence-electron chi connectivity index (χ4n) is 8.19. The van der Waals surface area contributed by atoms with Gasteiger partial charge in [0, 0.05) is 0 Å². The van der Waals surface area contributed by atoms with Crippen LogP contribution in [0.5, 0.6) is 23.0 Å². The van der Waals surface area contributed by atoms with Gasteiger partial charge >= 0.3 is 0 Å². The van der Waals surface area contributed by atoms with Gasteiger partial charge in [-0.1, -0.05) is 24.0 Å². The number of aliphatic hydroxyl groups is 2. The lowest BCUT2D eigenvalue weighted by Crippen LogP contribution is -2.34. The summed E-state index contributed by atoms with van der Waals surface area (Å²) in [6.07, 6.45) is 14.7. The van der Waals surface area contributed by atoms with E-state index in [2.05, 4.69) is 47.9 Å². The zero-order valence-corrected chi connectivity index (χ0v) is 27.6. The molecule has 6 heteroatoms. The third kappa shape index (κ3) is 7.30. The fraction of sp³-hybridized carbons (Fsp3) is 0.600. The molecule has 2 unspecified atom stereocenters. The van der Waals surface area contributed by atoms with E-state index in [0.717, 1.165) is 98.3 Å². The summed E-state index contributed by atoms with van der Waals surface area (Å²) >= 11 is 0. The molecule has 2 aromatic carbocycles. The highest BCUT2D eigenvalue weighted by Gasteiger charge is 2.38. The van der Waals surface area contributed by atoms with E-state index < -0.39 is 23.0 Å². The molecule has 4 aliphatic rings. The predicted molar refractivity (Wildman–Crippen MR) is 180 cm³/mol. The van der Waals surface area contributed by atoms with Gasteiger partial charge in [-0.05, 0) is 150 Å². The van der Waals surface area contributed by atoms with Gasteiger partial charge in [-0.25, -0.2) is 0 Å². The molecule has 4 saturated carbocycles. The first-order valence-corrected chi connectivity index (χ1v) is 17.5. The average molecular weight is 627 g/mol. The molecule has 0 aliphatic heterocycles. The van der Waals surface area contributed by atoms with Crippen molar-refractivity contribution in [1.82, 2.24) is 0 Å². The number of ether oxygens (including phenoxy) is 4. The van der Waals surface area contributed by atoms with E-state index in [1.807, 2.05) is 12.1 Å². The summed E-state index contributed by atoms with van der Waals surface area (Å²) in [4.78, 5) is 0. The van der Waals surface area contributed by atoms with Crippen LogP contribution in [0.1, 0.15) is 114 Å². The summed E-state index contributed by atoms with van der Waals surface area (Å²) in [5.41, 5.74) is 1.02. The number of hydrogen-bond donors (Lipinski definition) is 2. The Morgan fingerprint density at radius 1 is 0.565 bits per heavy atom. The van der Waals surface area contributed by atoms with Crippen LogP contribution >= 0.6 is 0 Å². The first-order chi connectivity index (χ1) is 22.4. The minimum absolute atomic E-state index is 0.207. The standard InChI is InChI=1S/C40H50O6/c1-43-35-19-17-29(25-37(35)45-33-13-3-4-14-33)39(23-9-11-31(41)27-39)21-7-8-22-40(24-10-12-32(42)28-40)30-18-20-36(44-2)38(26-30)46-34-15-5-6-16-34/h17-20,25-26,31-34,41-42H,3-6,9-16,23-24,27-28H2,1-2H3/t31?,32?,39-,40-/m0/s1. The summed E-state index contributed by atoms with van der Waals surface area (Å²) in [5, 5.41) is 21.7. The number of hydrogen-bond acceptors (Lipinski definition) is 6. The second-order valence-electron chi connectivity index (χ2n) is 13.9. The van der Waals surface area contributed by atoms with Crippen LogP contribution < -0.4 is 18.9 Å². The van der Waals surface area contributed by atoms with E-state index in [0.29, 0.717) is 12.8 Å². The van der Waals surface area contributed by atoms with Crippen molar-refractivity contribution >= 4 is 0 Å². The second-order valence-corrected chi connectivity index (χ2v) is 13.9. The highest BCUT2D eigenvalue weighted by Crippen LogP contribution is 2.44. The van der Waals surface area contributed by atoms with Crippen LogP contribution in [0, 0.1) is 23.7 Å². The first kappa shape index (κ1) is 32.6. The lowest BCUT2D eigenvalue weighted by atomic mass is 9.68. The fourth-order valence-corrected chi connectivity index (χ4v) is 8.19. The number of benzene rings is 2. The molecule has 4 fully saturated rings. The molecule has 46 heavy (non-hydrogen) atoms. The number of methoxy groups -OCH3 is 2. The Morgan fingerprint density at radius 2 is 0.978 bits per heavy atom. The van der Waals surface area contributed by atoms with Crippen LogP contribution in [-0.4, -0.2) is 48.8 Å². The Hall–Kier alpha value is -3.32. The van der Waals surface area contributed by atoms with Crippen LogP contribution in [0.25, 0.3) is 0 Å². The van der Waals surface area contributed by atoms with Crippen molar-refractivity contribution in [1.29, 1.82) is 0 Å². The van der Waals surface area contributed by atoms with Crippen LogP contribution in [0.3, 0.4) is 0 Å². The summed E-state index contributed by atoms with van der Waals surface area (Å²) in [6, 6.07) is 12.3. The van der Waals surface area contributed by atoms with Crippen molar-refractivity contribution < 1.29 is 29.2 Å². The largest absolute Gasteiger partial charge is 0.493 e. The Labute approximate surface area is 275 Å². The van der Waals surface area contributed by atoms with E-state index in [1.54, 1.807) is 14.2 Å². The molecule has 6 rings (SSSR count). The van der Waals surface area contributed by atoms with Crippen molar-refractivity contribution in [2.24, 2.45) is 0 Å². The van der Waals surface area contributed by atoms with Crippen molar-refractivity contribution in [3.05, 3.63) is 47.5 Å². The molecule has 4 atom stereocenters. The molecule has 0 heterocycles.